The average molecular weight is 492 g/mol. The number of ether oxygens (including phenoxy) is 1. The Morgan fingerprint density at radius 3 is 2.50 bits per heavy atom. The van der Waals surface area contributed by atoms with Crippen LogP contribution in [-0.4, -0.2) is 51.6 Å². The molecule has 0 saturated carbocycles. The maximum absolute atomic E-state index is 12.7. The minimum Gasteiger partial charge on any atom is -0.444 e. The molecule has 2 amide bonds. The number of hydrogen-bond donors (Lipinski definition) is 1. The first-order valence-corrected chi connectivity index (χ1v) is 12.7. The number of fused-ring (bicyclic) bond motifs is 1. The third-order valence-corrected chi connectivity index (χ3v) is 6.93. The van der Waals surface area contributed by atoms with Crippen LogP contribution in [-0.2, 0) is 9.53 Å². The Balaban J connectivity index is 1.67. The number of benzene rings is 1. The van der Waals surface area contributed by atoms with Gasteiger partial charge in [0.05, 0.1) is 6.04 Å². The Labute approximate surface area is 213 Å². The highest BCUT2D eigenvalue weighted by Gasteiger charge is 2.40. The summed E-state index contributed by atoms with van der Waals surface area (Å²) in [5.74, 6) is 0.761. The van der Waals surface area contributed by atoms with Crippen molar-refractivity contribution >= 4 is 29.2 Å². The number of nitrogens with zero attached hydrogens (tertiary/aromatic N) is 4. The van der Waals surface area contributed by atoms with Gasteiger partial charge in [0.1, 0.15) is 5.60 Å². The number of carbonyl (C=O) groups excluding carboxylic acids is 2. The van der Waals surface area contributed by atoms with Gasteiger partial charge in [-0.2, -0.15) is 0 Å². The van der Waals surface area contributed by atoms with Gasteiger partial charge in [0, 0.05) is 50.1 Å². The second-order valence-corrected chi connectivity index (χ2v) is 10.6. The van der Waals surface area contributed by atoms with Crippen LogP contribution < -0.4 is 10.2 Å². The first-order valence-electron chi connectivity index (χ1n) is 12.7. The first-order chi connectivity index (χ1) is 17.1. The predicted octanol–water partition coefficient (Wildman–Crippen LogP) is 5.44. The van der Waals surface area contributed by atoms with E-state index in [4.69, 9.17) is 4.74 Å². The lowest BCUT2D eigenvalue weighted by atomic mass is 9.80. The Morgan fingerprint density at radius 2 is 1.92 bits per heavy atom. The fourth-order valence-corrected chi connectivity index (χ4v) is 5.24. The molecule has 0 radical (unpaired) electrons. The van der Waals surface area contributed by atoms with Crippen molar-refractivity contribution in [2.45, 2.75) is 72.1 Å². The van der Waals surface area contributed by atoms with Gasteiger partial charge >= 0.3 is 6.09 Å². The quantitative estimate of drug-likeness (QED) is 0.613. The lowest BCUT2D eigenvalue weighted by Gasteiger charge is -2.45. The number of nitrogens with one attached hydrogen (secondary N) is 1. The van der Waals surface area contributed by atoms with Crippen LogP contribution in [0, 0.1) is 5.92 Å². The van der Waals surface area contributed by atoms with E-state index in [9.17, 15) is 9.59 Å². The average Bonchev–Trinajstić information content (AvgIpc) is 2.84. The third-order valence-electron chi connectivity index (χ3n) is 6.93. The summed E-state index contributed by atoms with van der Waals surface area (Å²) in [4.78, 5) is 37.7. The van der Waals surface area contributed by atoms with E-state index in [-0.39, 0.29) is 30.0 Å². The van der Waals surface area contributed by atoms with Crippen molar-refractivity contribution in [1.82, 2.24) is 14.9 Å². The highest BCUT2D eigenvalue weighted by molar-refractivity contribution is 5.94. The van der Waals surface area contributed by atoms with Gasteiger partial charge in [-0.15, -0.1) is 0 Å². The number of carbonyl (C=O) groups is 2. The molecule has 4 rings (SSSR count). The molecule has 3 heterocycles. The van der Waals surface area contributed by atoms with Gasteiger partial charge in [0.2, 0.25) is 11.9 Å². The molecule has 192 valence electrons. The molecule has 36 heavy (non-hydrogen) atoms. The van der Waals surface area contributed by atoms with Crippen molar-refractivity contribution in [1.29, 1.82) is 0 Å². The summed E-state index contributed by atoms with van der Waals surface area (Å²) < 4.78 is 5.53. The van der Waals surface area contributed by atoms with Gasteiger partial charge < -0.3 is 19.9 Å². The third kappa shape index (κ3) is 5.37. The predicted molar refractivity (Wildman–Crippen MR) is 142 cm³/mol. The molecule has 0 fully saturated rings. The standard InChI is InChI=1S/C28H37N5O3/c1-7-23-18(2)25(31-26-29-13-8-14-30-26)22-17-21(9-10-24(22)33(23)19(3)34)20-11-15-32(16-12-20)27(35)36-28(4,5)6/h8-11,13-14,17-18,23,25H,7,12,15-16H2,1-6H3,(H,29,30,31). The smallest absolute Gasteiger partial charge is 0.410 e. The summed E-state index contributed by atoms with van der Waals surface area (Å²) in [7, 11) is 0. The molecule has 3 atom stereocenters. The molecule has 0 saturated heterocycles. The lowest BCUT2D eigenvalue weighted by Crippen LogP contribution is -2.49. The zero-order chi connectivity index (χ0) is 26.0. The van der Waals surface area contributed by atoms with Gasteiger partial charge in [-0.25, -0.2) is 14.8 Å². The van der Waals surface area contributed by atoms with Crippen LogP contribution in [0.15, 0.2) is 42.7 Å². The van der Waals surface area contributed by atoms with E-state index in [1.54, 1.807) is 30.3 Å². The van der Waals surface area contributed by atoms with Gasteiger partial charge in [-0.3, -0.25) is 4.79 Å². The van der Waals surface area contributed by atoms with Crippen molar-refractivity contribution in [3.63, 3.8) is 0 Å². The molecule has 2 aliphatic rings. The molecule has 2 aliphatic heterocycles. The van der Waals surface area contributed by atoms with Crippen LogP contribution in [0.4, 0.5) is 16.4 Å². The monoisotopic (exact) mass is 491 g/mol. The van der Waals surface area contributed by atoms with E-state index in [1.165, 1.54) is 5.57 Å². The second kappa shape index (κ2) is 10.3. The highest BCUT2D eigenvalue weighted by atomic mass is 16.6. The summed E-state index contributed by atoms with van der Waals surface area (Å²) in [5, 5.41) is 3.54. The van der Waals surface area contributed by atoms with Gasteiger partial charge in [0.15, 0.2) is 0 Å². The number of aromatic nitrogens is 2. The van der Waals surface area contributed by atoms with Crippen LogP contribution in [0.5, 0.6) is 0 Å². The number of amides is 2. The van der Waals surface area contributed by atoms with Crippen molar-refractivity contribution in [2.75, 3.05) is 23.3 Å². The van der Waals surface area contributed by atoms with E-state index in [0.717, 1.165) is 29.7 Å². The molecule has 3 unspecified atom stereocenters. The maximum atomic E-state index is 12.7. The largest absolute Gasteiger partial charge is 0.444 e. The number of anilines is 2. The molecule has 1 N–H and O–H groups in total. The normalized spacial score (nSPS) is 21.9. The topological polar surface area (TPSA) is 87.7 Å². The van der Waals surface area contributed by atoms with Crippen LogP contribution in [0.25, 0.3) is 5.57 Å². The van der Waals surface area contributed by atoms with Crippen molar-refractivity contribution < 1.29 is 14.3 Å². The fourth-order valence-electron chi connectivity index (χ4n) is 5.24. The van der Waals surface area contributed by atoms with Crippen LogP contribution in [0.3, 0.4) is 0 Å². The maximum Gasteiger partial charge on any atom is 0.410 e. The minimum atomic E-state index is -0.514. The second-order valence-electron chi connectivity index (χ2n) is 10.6. The van der Waals surface area contributed by atoms with Crippen molar-refractivity contribution in [2.24, 2.45) is 5.92 Å². The zero-order valence-corrected chi connectivity index (χ0v) is 22.1. The van der Waals surface area contributed by atoms with Gasteiger partial charge in [-0.05, 0) is 68.5 Å². The molecule has 0 aliphatic carbocycles. The van der Waals surface area contributed by atoms with Crippen LogP contribution >= 0.6 is 0 Å². The Hall–Kier alpha value is -3.42. The summed E-state index contributed by atoms with van der Waals surface area (Å²) in [6.45, 7) is 12.7. The Morgan fingerprint density at radius 1 is 1.19 bits per heavy atom. The summed E-state index contributed by atoms with van der Waals surface area (Å²) in [6.07, 6.45) is 6.85. The Bertz CT molecular complexity index is 1140. The Kier molecular flexibility index (Phi) is 7.33. The van der Waals surface area contributed by atoms with Gasteiger partial charge in [0.25, 0.3) is 0 Å². The SMILES string of the molecule is CCC1C(C)C(Nc2ncccn2)c2cc(C3=CCN(C(=O)OC(C)(C)C)CC3)ccc2N1C(C)=O. The number of rotatable bonds is 4. The van der Waals surface area contributed by atoms with Crippen molar-refractivity contribution in [3.05, 3.63) is 53.9 Å². The summed E-state index contributed by atoms with van der Waals surface area (Å²) >= 11 is 0. The van der Waals surface area contributed by atoms with E-state index >= 15 is 0 Å². The number of hydrogen-bond acceptors (Lipinski definition) is 6. The van der Waals surface area contributed by atoms with Crippen LogP contribution in [0.1, 0.15) is 71.6 Å². The summed E-state index contributed by atoms with van der Waals surface area (Å²) in [6, 6.07) is 8.14. The molecule has 0 spiro atoms. The van der Waals surface area contributed by atoms with E-state index in [1.807, 2.05) is 25.7 Å². The van der Waals surface area contributed by atoms with E-state index < -0.39 is 5.60 Å². The fraction of sp³-hybridized carbons (Fsp3) is 0.500. The van der Waals surface area contributed by atoms with Gasteiger partial charge in [-0.1, -0.05) is 26.0 Å². The molecule has 8 heteroatoms. The van der Waals surface area contributed by atoms with E-state index in [2.05, 4.69) is 53.4 Å². The lowest BCUT2D eigenvalue weighted by molar-refractivity contribution is -0.117. The molecule has 1 aromatic carbocycles. The molecule has 8 nitrogen and oxygen atoms in total. The molecular formula is C28H37N5O3. The molecule has 0 bridgehead atoms. The molecular weight excluding hydrogens is 454 g/mol. The molecule has 1 aromatic heterocycles. The summed E-state index contributed by atoms with van der Waals surface area (Å²) in [5.41, 5.74) is 3.76. The minimum absolute atomic E-state index is 0.0435. The van der Waals surface area contributed by atoms with E-state index in [0.29, 0.717) is 19.0 Å². The zero-order valence-electron chi connectivity index (χ0n) is 22.1. The highest BCUT2D eigenvalue weighted by Crippen LogP contribution is 2.44. The van der Waals surface area contributed by atoms with Crippen molar-refractivity contribution in [3.8, 4) is 0 Å². The van der Waals surface area contributed by atoms with Crippen LogP contribution in [0.2, 0.25) is 0 Å². The molecule has 2 aromatic rings. The first kappa shape index (κ1) is 25.7.